The van der Waals surface area contributed by atoms with E-state index in [0.29, 0.717) is 12.6 Å². The normalized spacial score (nSPS) is 15.3. The van der Waals surface area contributed by atoms with Crippen molar-refractivity contribution < 1.29 is 4.74 Å². The van der Waals surface area contributed by atoms with Crippen molar-refractivity contribution in [1.29, 1.82) is 0 Å². The van der Waals surface area contributed by atoms with Crippen LogP contribution >= 0.6 is 0 Å². The number of benzene rings is 1. The molecule has 1 saturated carbocycles. The molecule has 0 amide bonds. The third kappa shape index (κ3) is 4.35. The number of H-pyrrole nitrogens is 1. The van der Waals surface area contributed by atoms with Crippen molar-refractivity contribution in [2.75, 3.05) is 6.61 Å². The first kappa shape index (κ1) is 17.7. The number of fused-ring (bicyclic) bond motifs is 1. The van der Waals surface area contributed by atoms with Crippen molar-refractivity contribution >= 4 is 10.9 Å². The van der Waals surface area contributed by atoms with Gasteiger partial charge in [0.15, 0.2) is 5.82 Å². The first-order valence-corrected chi connectivity index (χ1v) is 9.82. The lowest BCUT2D eigenvalue weighted by atomic mass is 9.95. The Balaban J connectivity index is 1.26. The summed E-state index contributed by atoms with van der Waals surface area (Å²) in [5.41, 5.74) is 0.733. The maximum atomic E-state index is 11.3. The summed E-state index contributed by atoms with van der Waals surface area (Å²) >= 11 is 0. The van der Waals surface area contributed by atoms with E-state index in [0.717, 1.165) is 41.7 Å². The van der Waals surface area contributed by atoms with Gasteiger partial charge in [-0.1, -0.05) is 19.3 Å². The molecule has 1 aliphatic carbocycles. The van der Waals surface area contributed by atoms with E-state index < -0.39 is 0 Å². The molecule has 7 nitrogen and oxygen atoms in total. The molecule has 1 aromatic carbocycles. The van der Waals surface area contributed by atoms with Crippen LogP contribution in [-0.4, -0.2) is 31.8 Å². The zero-order valence-electron chi connectivity index (χ0n) is 15.4. The number of unbranched alkanes of at least 4 members (excludes halogenated alkanes) is 1. The number of ether oxygens (including phenoxy) is 1. The summed E-state index contributed by atoms with van der Waals surface area (Å²) in [4.78, 5) is 14.1. The molecule has 1 aliphatic rings. The second-order valence-electron chi connectivity index (χ2n) is 7.21. The van der Waals surface area contributed by atoms with E-state index in [2.05, 4.69) is 20.5 Å². The van der Waals surface area contributed by atoms with Gasteiger partial charge in [0, 0.05) is 23.4 Å². The molecular formula is C20H25N5O2. The number of pyridine rings is 1. The lowest BCUT2D eigenvalue weighted by Crippen LogP contribution is -2.17. The lowest BCUT2D eigenvalue weighted by molar-refractivity contribution is 0.301. The fraction of sp³-hybridized carbons (Fsp3) is 0.500. The standard InChI is InChI=1S/C20H25N5O2/c26-20-12-9-15-14-17(10-11-18(15)21-20)27-13-5-4-8-19-22-23-24-25(19)16-6-2-1-3-7-16/h9-12,14,16H,1-8,13H2,(H,21,26). The molecule has 142 valence electrons. The number of rotatable bonds is 7. The highest BCUT2D eigenvalue weighted by Gasteiger charge is 2.19. The van der Waals surface area contributed by atoms with E-state index in [-0.39, 0.29) is 5.56 Å². The predicted molar refractivity (Wildman–Crippen MR) is 103 cm³/mol. The van der Waals surface area contributed by atoms with E-state index in [1.54, 1.807) is 0 Å². The fourth-order valence-electron chi connectivity index (χ4n) is 3.78. The number of tetrazole rings is 1. The first-order valence-electron chi connectivity index (χ1n) is 9.82. The van der Waals surface area contributed by atoms with Crippen molar-refractivity contribution in [2.24, 2.45) is 0 Å². The summed E-state index contributed by atoms with van der Waals surface area (Å²) in [6.45, 7) is 0.653. The third-order valence-electron chi connectivity index (χ3n) is 5.24. The number of aromatic nitrogens is 5. The molecule has 27 heavy (non-hydrogen) atoms. The van der Waals surface area contributed by atoms with Crippen LogP contribution in [0.1, 0.15) is 56.8 Å². The van der Waals surface area contributed by atoms with Gasteiger partial charge in [-0.25, -0.2) is 4.68 Å². The number of hydrogen-bond acceptors (Lipinski definition) is 5. The Kier molecular flexibility index (Phi) is 5.46. The van der Waals surface area contributed by atoms with Crippen LogP contribution in [0.3, 0.4) is 0 Å². The Morgan fingerprint density at radius 1 is 1.11 bits per heavy atom. The topological polar surface area (TPSA) is 85.7 Å². The SMILES string of the molecule is O=c1ccc2cc(OCCCCc3nnnn3C3CCCCC3)ccc2[nH]1. The van der Waals surface area contributed by atoms with Crippen molar-refractivity contribution in [3.8, 4) is 5.75 Å². The van der Waals surface area contributed by atoms with Gasteiger partial charge in [-0.2, -0.15) is 0 Å². The number of nitrogens with one attached hydrogen (secondary N) is 1. The molecule has 1 N–H and O–H groups in total. The largest absolute Gasteiger partial charge is 0.494 e. The minimum absolute atomic E-state index is 0.0910. The molecule has 4 rings (SSSR count). The summed E-state index contributed by atoms with van der Waals surface area (Å²) in [6.07, 6.45) is 9.08. The molecular weight excluding hydrogens is 342 g/mol. The summed E-state index contributed by atoms with van der Waals surface area (Å²) in [5, 5.41) is 13.3. The van der Waals surface area contributed by atoms with Gasteiger partial charge in [-0.3, -0.25) is 4.79 Å². The van der Waals surface area contributed by atoms with Crippen LogP contribution in [0.15, 0.2) is 35.1 Å². The van der Waals surface area contributed by atoms with Crippen LogP contribution in [0.4, 0.5) is 0 Å². The van der Waals surface area contributed by atoms with Crippen LogP contribution < -0.4 is 10.3 Å². The average Bonchev–Trinajstić information content (AvgIpc) is 3.17. The molecule has 7 heteroatoms. The minimum atomic E-state index is -0.0910. The predicted octanol–water partition coefficient (Wildman–Crippen LogP) is 3.42. The first-order chi connectivity index (χ1) is 13.3. The van der Waals surface area contributed by atoms with Crippen LogP contribution in [0.25, 0.3) is 10.9 Å². The van der Waals surface area contributed by atoms with Crippen LogP contribution in [-0.2, 0) is 6.42 Å². The zero-order valence-corrected chi connectivity index (χ0v) is 15.4. The van der Waals surface area contributed by atoms with E-state index >= 15 is 0 Å². The highest BCUT2D eigenvalue weighted by atomic mass is 16.5. The highest BCUT2D eigenvalue weighted by Crippen LogP contribution is 2.28. The summed E-state index contributed by atoms with van der Waals surface area (Å²) in [7, 11) is 0. The third-order valence-corrected chi connectivity index (χ3v) is 5.24. The molecule has 0 unspecified atom stereocenters. The van der Waals surface area contributed by atoms with Crippen molar-refractivity contribution in [3.05, 3.63) is 46.5 Å². The van der Waals surface area contributed by atoms with Gasteiger partial charge in [0.2, 0.25) is 5.56 Å². The molecule has 0 spiro atoms. The second kappa shape index (κ2) is 8.33. The maximum Gasteiger partial charge on any atom is 0.248 e. The van der Waals surface area contributed by atoms with Gasteiger partial charge in [0.05, 0.1) is 12.6 Å². The van der Waals surface area contributed by atoms with Gasteiger partial charge in [0.1, 0.15) is 5.75 Å². The Labute approximate surface area is 157 Å². The molecule has 2 aromatic heterocycles. The Bertz CT molecular complexity index is 943. The van der Waals surface area contributed by atoms with Gasteiger partial charge in [0.25, 0.3) is 0 Å². The molecule has 0 saturated heterocycles. The van der Waals surface area contributed by atoms with Crippen LogP contribution in [0, 0.1) is 0 Å². The molecule has 0 aliphatic heterocycles. The monoisotopic (exact) mass is 367 g/mol. The Morgan fingerprint density at radius 3 is 2.89 bits per heavy atom. The zero-order chi connectivity index (χ0) is 18.5. The summed E-state index contributed by atoms with van der Waals surface area (Å²) in [6, 6.07) is 9.54. The van der Waals surface area contributed by atoms with E-state index in [9.17, 15) is 4.79 Å². The molecule has 0 bridgehead atoms. The molecule has 1 fully saturated rings. The van der Waals surface area contributed by atoms with Gasteiger partial charge < -0.3 is 9.72 Å². The van der Waals surface area contributed by atoms with Gasteiger partial charge in [-0.15, -0.1) is 5.10 Å². The molecule has 3 aromatic rings. The fourth-order valence-corrected chi connectivity index (χ4v) is 3.78. The van der Waals surface area contributed by atoms with E-state index in [1.165, 1.54) is 38.2 Å². The number of aryl methyl sites for hydroxylation is 1. The Hall–Kier alpha value is -2.70. The van der Waals surface area contributed by atoms with Crippen LogP contribution in [0.2, 0.25) is 0 Å². The van der Waals surface area contributed by atoms with Gasteiger partial charge in [-0.05, 0) is 60.4 Å². The quantitative estimate of drug-likeness (QED) is 0.647. The second-order valence-corrected chi connectivity index (χ2v) is 7.21. The van der Waals surface area contributed by atoms with Gasteiger partial charge >= 0.3 is 0 Å². The highest BCUT2D eigenvalue weighted by molar-refractivity contribution is 5.79. The van der Waals surface area contributed by atoms with Crippen molar-refractivity contribution in [3.63, 3.8) is 0 Å². The van der Waals surface area contributed by atoms with E-state index in [4.69, 9.17) is 4.74 Å². The Morgan fingerprint density at radius 2 is 2.00 bits per heavy atom. The maximum absolute atomic E-state index is 11.3. The number of nitrogens with zero attached hydrogens (tertiary/aromatic N) is 4. The molecule has 2 heterocycles. The molecule has 0 radical (unpaired) electrons. The van der Waals surface area contributed by atoms with Crippen molar-refractivity contribution in [2.45, 2.75) is 57.4 Å². The minimum Gasteiger partial charge on any atom is -0.494 e. The average molecular weight is 367 g/mol. The number of aromatic amines is 1. The lowest BCUT2D eigenvalue weighted by Gasteiger charge is -2.22. The van der Waals surface area contributed by atoms with Crippen LogP contribution in [0.5, 0.6) is 5.75 Å². The van der Waals surface area contributed by atoms with Crippen molar-refractivity contribution in [1.82, 2.24) is 25.2 Å². The smallest absolute Gasteiger partial charge is 0.248 e. The summed E-state index contributed by atoms with van der Waals surface area (Å²) < 4.78 is 7.91. The number of hydrogen-bond donors (Lipinski definition) is 1. The van der Waals surface area contributed by atoms with E-state index in [1.807, 2.05) is 28.9 Å². The summed E-state index contributed by atoms with van der Waals surface area (Å²) in [5.74, 6) is 1.82. The molecule has 0 atom stereocenters.